The molecule has 1 aromatic rings. The van der Waals surface area contributed by atoms with Crippen molar-refractivity contribution in [1.82, 2.24) is 4.90 Å². The fourth-order valence-corrected chi connectivity index (χ4v) is 9.95. The quantitative estimate of drug-likeness (QED) is 0.266. The first-order valence-electron chi connectivity index (χ1n) is 15.8. The highest BCUT2D eigenvalue weighted by Crippen LogP contribution is 2.72. The summed E-state index contributed by atoms with van der Waals surface area (Å²) >= 11 is 0. The molecule has 3 saturated heterocycles. The lowest BCUT2D eigenvalue weighted by molar-refractivity contribution is -0.181. The van der Waals surface area contributed by atoms with Crippen LogP contribution in [0, 0.1) is 28.1 Å². The number of hydrogen-bond donors (Lipinski definition) is 0. The van der Waals surface area contributed by atoms with Crippen LogP contribution in [0.15, 0.2) is 39.8 Å². The van der Waals surface area contributed by atoms with Gasteiger partial charge in [-0.1, -0.05) is 25.4 Å². The summed E-state index contributed by atoms with van der Waals surface area (Å²) in [7, 11) is 0. The molecule has 228 valence electrons. The van der Waals surface area contributed by atoms with Gasteiger partial charge in [0.1, 0.15) is 19.3 Å². The standard InChI is InChI=1S/C33H44N2O7/c1-30(2)23-16-25(34-40-15-13-35-11-6-5-7-12-35)32(4)22(33(23)20-39-27(36)18-26(33)42-30)8-10-31(3)24(32)17-28(37)41-29(31)21-9-14-38-19-21/h9,14,17,19,22-23,26,29H,5-8,10-13,15-16,18,20H2,1-4H3/t22-,23-,26-,29-,31+,32+,33+/m0/s1. The molecule has 1 spiro atoms. The number of esters is 2. The molecule has 4 aliphatic heterocycles. The van der Waals surface area contributed by atoms with Crippen molar-refractivity contribution in [2.45, 2.75) is 90.4 Å². The number of ether oxygens (including phenoxy) is 3. The number of likely N-dealkylation sites (tertiary alicyclic amines) is 1. The zero-order chi connectivity index (χ0) is 29.3. The van der Waals surface area contributed by atoms with Crippen LogP contribution in [0.3, 0.4) is 0 Å². The van der Waals surface area contributed by atoms with Crippen LogP contribution >= 0.6 is 0 Å². The molecule has 5 heterocycles. The van der Waals surface area contributed by atoms with Gasteiger partial charge in [-0.25, -0.2) is 4.79 Å². The number of cyclic esters (lactones) is 2. The Hall–Kier alpha value is -2.65. The Morgan fingerprint density at radius 3 is 2.64 bits per heavy atom. The molecule has 1 aromatic heterocycles. The Morgan fingerprint density at radius 2 is 1.88 bits per heavy atom. The van der Waals surface area contributed by atoms with E-state index < -0.39 is 22.5 Å². The van der Waals surface area contributed by atoms with Gasteiger partial charge in [-0.15, -0.1) is 0 Å². The van der Waals surface area contributed by atoms with Gasteiger partial charge < -0.3 is 23.5 Å². The Labute approximate surface area is 247 Å². The third-order valence-electron chi connectivity index (χ3n) is 11.9. The summed E-state index contributed by atoms with van der Waals surface area (Å²) in [5.41, 5.74) is 0.923. The van der Waals surface area contributed by atoms with E-state index in [1.165, 1.54) is 19.3 Å². The van der Waals surface area contributed by atoms with Crippen LogP contribution in [0.25, 0.3) is 0 Å². The van der Waals surface area contributed by atoms with Gasteiger partial charge >= 0.3 is 11.9 Å². The van der Waals surface area contributed by atoms with Gasteiger partial charge in [0.05, 0.1) is 36.4 Å². The average Bonchev–Trinajstić information content (AvgIpc) is 3.56. The lowest BCUT2D eigenvalue weighted by Gasteiger charge is -2.64. The van der Waals surface area contributed by atoms with Gasteiger partial charge in [0.15, 0.2) is 0 Å². The molecular weight excluding hydrogens is 536 g/mol. The number of fused-ring (bicyclic) bond motifs is 3. The summed E-state index contributed by atoms with van der Waals surface area (Å²) in [5.74, 6) is -0.417. The van der Waals surface area contributed by atoms with E-state index >= 15 is 0 Å². The van der Waals surface area contributed by atoms with E-state index in [9.17, 15) is 9.59 Å². The molecule has 0 N–H and O–H groups in total. The van der Waals surface area contributed by atoms with E-state index in [4.69, 9.17) is 28.6 Å². The van der Waals surface area contributed by atoms with E-state index in [1.54, 1.807) is 18.6 Å². The Balaban J connectivity index is 1.31. The maximum Gasteiger partial charge on any atom is 0.331 e. The van der Waals surface area contributed by atoms with Crippen LogP contribution in [0.2, 0.25) is 0 Å². The van der Waals surface area contributed by atoms with Crippen molar-refractivity contribution in [3.8, 4) is 0 Å². The van der Waals surface area contributed by atoms with Crippen molar-refractivity contribution in [2.75, 3.05) is 32.8 Å². The van der Waals surface area contributed by atoms with Crippen LogP contribution in [-0.4, -0.2) is 67.1 Å². The minimum absolute atomic E-state index is 0.0447. The van der Waals surface area contributed by atoms with Crippen LogP contribution < -0.4 is 0 Å². The van der Waals surface area contributed by atoms with E-state index in [0.29, 0.717) is 19.6 Å². The summed E-state index contributed by atoms with van der Waals surface area (Å²) in [4.78, 5) is 34.4. The van der Waals surface area contributed by atoms with Crippen molar-refractivity contribution in [3.63, 3.8) is 0 Å². The van der Waals surface area contributed by atoms with Crippen molar-refractivity contribution in [3.05, 3.63) is 35.8 Å². The molecule has 2 saturated carbocycles. The molecule has 7 atom stereocenters. The lowest BCUT2D eigenvalue weighted by Crippen LogP contribution is -2.66. The molecule has 42 heavy (non-hydrogen) atoms. The highest BCUT2D eigenvalue weighted by Gasteiger charge is 2.74. The minimum atomic E-state index is -0.609. The number of hydrogen-bond acceptors (Lipinski definition) is 9. The predicted molar refractivity (Wildman–Crippen MR) is 153 cm³/mol. The minimum Gasteiger partial charge on any atom is -0.472 e. The summed E-state index contributed by atoms with van der Waals surface area (Å²) < 4.78 is 24.1. The largest absolute Gasteiger partial charge is 0.472 e. The number of carbonyl (C=O) groups excluding carboxylic acids is 2. The number of furan rings is 1. The highest BCUT2D eigenvalue weighted by molar-refractivity contribution is 5.97. The van der Waals surface area contributed by atoms with Gasteiger partial charge in [-0.2, -0.15) is 0 Å². The molecule has 6 aliphatic rings. The van der Waals surface area contributed by atoms with Crippen LogP contribution in [0.4, 0.5) is 0 Å². The Bertz CT molecular complexity index is 1300. The van der Waals surface area contributed by atoms with Gasteiger partial charge in [-0.3, -0.25) is 9.69 Å². The zero-order valence-corrected chi connectivity index (χ0v) is 25.4. The molecule has 5 fully saturated rings. The van der Waals surface area contributed by atoms with Crippen LogP contribution in [-0.2, 0) is 28.6 Å². The first-order chi connectivity index (χ1) is 20.1. The second-order valence-electron chi connectivity index (χ2n) is 14.4. The second kappa shape index (κ2) is 9.94. The van der Waals surface area contributed by atoms with E-state index in [2.05, 4.69) is 32.6 Å². The maximum absolute atomic E-state index is 13.3. The first-order valence-corrected chi connectivity index (χ1v) is 15.8. The van der Waals surface area contributed by atoms with Gasteiger partial charge in [-0.05, 0) is 76.6 Å². The molecule has 0 radical (unpaired) electrons. The van der Waals surface area contributed by atoms with Gasteiger partial charge in [0, 0.05) is 40.3 Å². The van der Waals surface area contributed by atoms with Crippen molar-refractivity contribution in [1.29, 1.82) is 0 Å². The number of nitrogens with zero attached hydrogens (tertiary/aromatic N) is 2. The van der Waals surface area contributed by atoms with Gasteiger partial charge in [0.25, 0.3) is 0 Å². The second-order valence-corrected chi connectivity index (χ2v) is 14.4. The van der Waals surface area contributed by atoms with Crippen LogP contribution in [0.1, 0.15) is 84.3 Å². The zero-order valence-electron chi connectivity index (χ0n) is 25.4. The predicted octanol–water partition coefficient (Wildman–Crippen LogP) is 5.22. The highest BCUT2D eigenvalue weighted by atomic mass is 16.6. The molecule has 0 aromatic carbocycles. The van der Waals surface area contributed by atoms with E-state index in [1.807, 2.05) is 6.07 Å². The monoisotopic (exact) mass is 580 g/mol. The molecule has 7 rings (SSSR count). The first kappa shape index (κ1) is 28.1. The molecule has 9 nitrogen and oxygen atoms in total. The van der Waals surface area contributed by atoms with Crippen molar-refractivity contribution < 1.29 is 33.1 Å². The summed E-state index contributed by atoms with van der Waals surface area (Å²) in [6.07, 6.45) is 10.7. The smallest absolute Gasteiger partial charge is 0.331 e. The average molecular weight is 581 g/mol. The molecule has 0 unspecified atom stereocenters. The van der Waals surface area contributed by atoms with Gasteiger partial charge in [0.2, 0.25) is 0 Å². The summed E-state index contributed by atoms with van der Waals surface area (Å²) in [6.45, 7) is 12.6. The number of carbonyl (C=O) groups is 2. The van der Waals surface area contributed by atoms with E-state index in [-0.39, 0.29) is 41.7 Å². The summed E-state index contributed by atoms with van der Waals surface area (Å²) in [5, 5.41) is 4.95. The molecular formula is C33H44N2O7. The maximum atomic E-state index is 13.3. The molecule has 0 bridgehead atoms. The van der Waals surface area contributed by atoms with Crippen molar-refractivity contribution >= 4 is 17.7 Å². The summed E-state index contributed by atoms with van der Waals surface area (Å²) in [6, 6.07) is 1.89. The fraction of sp³-hybridized carbons (Fsp3) is 0.727. The normalized spacial score (nSPS) is 42.0. The number of piperidine rings is 1. The number of rotatable bonds is 5. The Morgan fingerprint density at radius 1 is 1.07 bits per heavy atom. The fourth-order valence-electron chi connectivity index (χ4n) is 9.95. The molecule has 0 amide bonds. The van der Waals surface area contributed by atoms with Crippen molar-refractivity contribution in [2.24, 2.45) is 33.2 Å². The Kier molecular flexibility index (Phi) is 6.66. The lowest BCUT2D eigenvalue weighted by atomic mass is 9.39. The topological polar surface area (TPSA) is 99.8 Å². The molecule has 9 heteroatoms. The number of oxime groups is 1. The third-order valence-corrected chi connectivity index (χ3v) is 11.9. The van der Waals surface area contributed by atoms with E-state index in [0.717, 1.165) is 49.3 Å². The SMILES string of the molecule is CC1(C)O[C@H]2CC(=O)OC[C@@]23[C@H]1CC(=NOCCN1CCCCC1)[C@@]1(C)C2=CC(=O)O[C@@H](c4ccoc4)[C@]2(C)CC[C@@H]13. The molecule has 2 aliphatic carbocycles. The van der Waals surface area contributed by atoms with Crippen LogP contribution in [0.5, 0.6) is 0 Å². The third kappa shape index (κ3) is 4.05.